The highest BCUT2D eigenvalue weighted by Gasteiger charge is 2.17. The smallest absolute Gasteiger partial charge is 0.305 e. The van der Waals surface area contributed by atoms with Gasteiger partial charge in [-0.25, -0.2) is 4.98 Å². The van der Waals surface area contributed by atoms with Crippen molar-refractivity contribution in [3.63, 3.8) is 0 Å². The topological polar surface area (TPSA) is 101 Å². The van der Waals surface area contributed by atoms with Crippen LogP contribution >= 0.6 is 11.3 Å². The third-order valence-electron chi connectivity index (χ3n) is 6.16. The molecule has 0 saturated carbocycles. The van der Waals surface area contributed by atoms with E-state index >= 15 is 0 Å². The number of rotatable bonds is 11. The maximum absolute atomic E-state index is 12.3. The average Bonchev–Trinajstić information content (AvgIpc) is 3.61. The van der Waals surface area contributed by atoms with Crippen LogP contribution in [0.4, 0.5) is 5.13 Å². The average molecular weight is 530 g/mol. The minimum atomic E-state index is -0.944. The van der Waals surface area contributed by atoms with Crippen molar-refractivity contribution in [3.05, 3.63) is 94.9 Å². The number of nitrogens with one attached hydrogen (secondary N) is 1. The van der Waals surface area contributed by atoms with Gasteiger partial charge in [-0.05, 0) is 47.9 Å². The number of carboxylic acid groups (broad SMARTS) is 1. The molecule has 0 saturated heterocycles. The van der Waals surface area contributed by atoms with E-state index in [0.29, 0.717) is 12.1 Å². The lowest BCUT2D eigenvalue weighted by atomic mass is 10.1. The molecule has 5 rings (SSSR count). The highest BCUT2D eigenvalue weighted by molar-refractivity contribution is 7.14. The van der Waals surface area contributed by atoms with Crippen molar-refractivity contribution < 1.29 is 24.2 Å². The zero-order valence-electron chi connectivity index (χ0n) is 20.6. The number of ether oxygens (including phenoxy) is 2. The molecule has 2 heterocycles. The van der Waals surface area contributed by atoms with Crippen LogP contribution in [0.5, 0.6) is 11.5 Å². The van der Waals surface area contributed by atoms with Crippen LogP contribution in [0.2, 0.25) is 0 Å². The van der Waals surface area contributed by atoms with E-state index in [-0.39, 0.29) is 25.7 Å². The summed E-state index contributed by atoms with van der Waals surface area (Å²) in [7, 11) is 0. The van der Waals surface area contributed by atoms with Crippen LogP contribution in [-0.4, -0.2) is 41.8 Å². The number of carboxylic acids is 1. The van der Waals surface area contributed by atoms with E-state index in [2.05, 4.69) is 22.3 Å². The lowest BCUT2D eigenvalue weighted by Gasteiger charge is -2.22. The number of aliphatic carboxylic acids is 1. The zero-order valence-corrected chi connectivity index (χ0v) is 21.4. The molecular weight excluding hydrogens is 502 g/mol. The molecule has 0 unspecified atom stereocenters. The second-order valence-electron chi connectivity index (χ2n) is 8.84. The normalized spacial score (nSPS) is 11.8. The van der Waals surface area contributed by atoms with Crippen LogP contribution in [0.1, 0.15) is 27.9 Å². The van der Waals surface area contributed by atoms with Gasteiger partial charge in [-0.1, -0.05) is 42.5 Å². The molecule has 4 aromatic rings. The van der Waals surface area contributed by atoms with Crippen LogP contribution in [0, 0.1) is 0 Å². The van der Waals surface area contributed by atoms with Crippen molar-refractivity contribution in [1.82, 2.24) is 10.3 Å². The fourth-order valence-corrected chi connectivity index (χ4v) is 4.98. The number of benzene rings is 3. The molecule has 0 aliphatic carbocycles. The molecule has 38 heavy (non-hydrogen) atoms. The van der Waals surface area contributed by atoms with Gasteiger partial charge in [0.2, 0.25) is 6.79 Å². The van der Waals surface area contributed by atoms with E-state index in [1.54, 1.807) is 23.5 Å². The Hall–Kier alpha value is -4.37. The van der Waals surface area contributed by atoms with Gasteiger partial charge in [0.1, 0.15) is 0 Å². The Morgan fingerprint density at radius 1 is 0.974 bits per heavy atom. The SMILES string of the molecule is O=C(O)CCNC(=O)c1ccc(CN(CCc2ccccc2)c2nc(-c3ccc4c(c3)OCO4)cs2)cc1. The standard InChI is InChI=1S/C29H27N3O5S/c33-27(34)12-14-30-28(35)22-8-6-21(7-9-22)17-32(15-13-20-4-2-1-3-5-20)29-31-24(18-38-29)23-10-11-25-26(16-23)37-19-36-25/h1-11,16,18H,12-15,17,19H2,(H,30,35)(H,33,34). The van der Waals surface area contributed by atoms with Gasteiger partial charge >= 0.3 is 5.97 Å². The third kappa shape index (κ3) is 6.30. The number of hydrogen-bond acceptors (Lipinski definition) is 7. The molecule has 0 fully saturated rings. The summed E-state index contributed by atoms with van der Waals surface area (Å²) in [5.41, 5.74) is 4.63. The summed E-state index contributed by atoms with van der Waals surface area (Å²) in [5.74, 6) is 0.241. The molecule has 1 aliphatic rings. The fourth-order valence-electron chi connectivity index (χ4n) is 4.12. The first-order valence-corrected chi connectivity index (χ1v) is 13.2. The first kappa shape index (κ1) is 25.3. The van der Waals surface area contributed by atoms with Gasteiger partial charge in [0.15, 0.2) is 16.6 Å². The molecule has 2 N–H and O–H groups in total. The number of hydrogen-bond donors (Lipinski definition) is 2. The van der Waals surface area contributed by atoms with Crippen LogP contribution < -0.4 is 19.7 Å². The Bertz CT molecular complexity index is 1410. The van der Waals surface area contributed by atoms with E-state index in [1.165, 1.54) is 5.56 Å². The van der Waals surface area contributed by atoms with E-state index in [1.807, 2.05) is 53.9 Å². The highest BCUT2D eigenvalue weighted by Crippen LogP contribution is 2.37. The summed E-state index contributed by atoms with van der Waals surface area (Å²) in [6.07, 6.45) is 0.756. The molecule has 9 heteroatoms. The minimum absolute atomic E-state index is 0.0962. The number of nitrogens with zero attached hydrogens (tertiary/aromatic N) is 2. The lowest BCUT2D eigenvalue weighted by Crippen LogP contribution is -2.26. The predicted octanol–water partition coefficient (Wildman–Crippen LogP) is 4.99. The highest BCUT2D eigenvalue weighted by atomic mass is 32.1. The number of aromatic nitrogens is 1. The van der Waals surface area contributed by atoms with Crippen molar-refractivity contribution in [2.24, 2.45) is 0 Å². The molecular formula is C29H27N3O5S. The summed E-state index contributed by atoms with van der Waals surface area (Å²) in [6.45, 7) is 1.73. The predicted molar refractivity (Wildman–Crippen MR) is 146 cm³/mol. The van der Waals surface area contributed by atoms with Crippen molar-refractivity contribution >= 4 is 28.3 Å². The fraction of sp³-hybridized carbons (Fsp3) is 0.207. The molecule has 0 radical (unpaired) electrons. The monoisotopic (exact) mass is 529 g/mol. The van der Waals surface area contributed by atoms with Crippen molar-refractivity contribution in [3.8, 4) is 22.8 Å². The maximum Gasteiger partial charge on any atom is 0.305 e. The number of thiazole rings is 1. The number of anilines is 1. The van der Waals surface area contributed by atoms with Crippen LogP contribution in [0.15, 0.2) is 78.2 Å². The van der Waals surface area contributed by atoms with E-state index < -0.39 is 5.97 Å². The van der Waals surface area contributed by atoms with Crippen molar-refractivity contribution in [1.29, 1.82) is 0 Å². The summed E-state index contributed by atoms with van der Waals surface area (Å²) in [5, 5.41) is 14.3. The quantitative estimate of drug-likeness (QED) is 0.282. The van der Waals surface area contributed by atoms with E-state index in [9.17, 15) is 9.59 Å². The second kappa shape index (κ2) is 11.8. The molecule has 1 amide bonds. The van der Waals surface area contributed by atoms with Crippen molar-refractivity contribution in [2.75, 3.05) is 24.8 Å². The Morgan fingerprint density at radius 3 is 2.55 bits per heavy atom. The summed E-state index contributed by atoms with van der Waals surface area (Å²) in [4.78, 5) is 30.2. The number of carbonyl (C=O) groups is 2. The lowest BCUT2D eigenvalue weighted by molar-refractivity contribution is -0.136. The Balaban J connectivity index is 1.31. The van der Waals surface area contributed by atoms with Gasteiger partial charge in [-0.2, -0.15) is 0 Å². The van der Waals surface area contributed by atoms with Crippen LogP contribution in [-0.2, 0) is 17.8 Å². The van der Waals surface area contributed by atoms with Gasteiger partial charge in [-0.3, -0.25) is 9.59 Å². The molecule has 1 aromatic heterocycles. The molecule has 8 nitrogen and oxygen atoms in total. The molecule has 0 bridgehead atoms. The first-order chi connectivity index (χ1) is 18.5. The summed E-state index contributed by atoms with van der Waals surface area (Å²) >= 11 is 1.59. The largest absolute Gasteiger partial charge is 0.481 e. The molecule has 194 valence electrons. The first-order valence-electron chi connectivity index (χ1n) is 12.3. The van der Waals surface area contributed by atoms with Gasteiger partial charge in [0, 0.05) is 36.1 Å². The zero-order chi connectivity index (χ0) is 26.3. The van der Waals surface area contributed by atoms with Crippen molar-refractivity contribution in [2.45, 2.75) is 19.4 Å². The van der Waals surface area contributed by atoms with Gasteiger partial charge < -0.3 is 24.8 Å². The molecule has 3 aromatic carbocycles. The van der Waals surface area contributed by atoms with E-state index in [0.717, 1.165) is 46.4 Å². The van der Waals surface area contributed by atoms with Crippen LogP contribution in [0.3, 0.4) is 0 Å². The minimum Gasteiger partial charge on any atom is -0.481 e. The summed E-state index contributed by atoms with van der Waals surface area (Å²) in [6, 6.07) is 23.6. The Labute approximate surface area is 224 Å². The molecule has 1 aliphatic heterocycles. The van der Waals surface area contributed by atoms with E-state index in [4.69, 9.17) is 19.6 Å². The third-order valence-corrected chi connectivity index (χ3v) is 7.06. The van der Waals surface area contributed by atoms with Gasteiger partial charge in [0.25, 0.3) is 5.91 Å². The van der Waals surface area contributed by atoms with Crippen LogP contribution in [0.25, 0.3) is 11.3 Å². The Morgan fingerprint density at radius 2 is 1.76 bits per heavy atom. The second-order valence-corrected chi connectivity index (χ2v) is 9.67. The number of amides is 1. The Kier molecular flexibility index (Phi) is 7.84. The molecule has 0 spiro atoms. The number of fused-ring (bicyclic) bond motifs is 1. The molecule has 0 atom stereocenters. The van der Waals surface area contributed by atoms with Gasteiger partial charge in [-0.15, -0.1) is 11.3 Å². The maximum atomic E-state index is 12.3. The summed E-state index contributed by atoms with van der Waals surface area (Å²) < 4.78 is 11.0. The number of carbonyl (C=O) groups excluding carboxylic acids is 1. The van der Waals surface area contributed by atoms with Gasteiger partial charge in [0.05, 0.1) is 12.1 Å².